The Balaban J connectivity index is 2.21. The van der Waals surface area contributed by atoms with Gasteiger partial charge in [0.15, 0.2) is 5.76 Å². The third-order valence-corrected chi connectivity index (χ3v) is 2.72. The molecule has 1 aromatic heterocycles. The van der Waals surface area contributed by atoms with Gasteiger partial charge in [-0.1, -0.05) is 29.8 Å². The van der Waals surface area contributed by atoms with Crippen LogP contribution in [0, 0.1) is 0 Å². The van der Waals surface area contributed by atoms with E-state index < -0.39 is 0 Å². The number of para-hydroxylation sites is 1. The van der Waals surface area contributed by atoms with E-state index in [1.54, 1.807) is 6.07 Å². The second-order valence-electron chi connectivity index (χ2n) is 3.44. The van der Waals surface area contributed by atoms with Crippen LogP contribution in [0.3, 0.4) is 0 Å². The molecule has 1 aliphatic rings. The third kappa shape index (κ3) is 1.54. The van der Waals surface area contributed by atoms with Crippen LogP contribution in [0.25, 0.3) is 16.7 Å². The standard InChI is InChI=1S/C12H8ClNO2/c13-9-7-11(12-5-6-15-16-12)14-10-4-2-1-3-8(9)10/h1-5,7H,6H2. The van der Waals surface area contributed by atoms with Crippen LogP contribution >= 0.6 is 11.6 Å². The van der Waals surface area contributed by atoms with Crippen molar-refractivity contribution in [2.75, 3.05) is 6.61 Å². The highest BCUT2D eigenvalue weighted by Gasteiger charge is 2.13. The van der Waals surface area contributed by atoms with Crippen LogP contribution in [0.2, 0.25) is 5.02 Å². The van der Waals surface area contributed by atoms with Crippen LogP contribution in [-0.4, -0.2) is 11.6 Å². The summed E-state index contributed by atoms with van der Waals surface area (Å²) in [6, 6.07) is 9.50. The van der Waals surface area contributed by atoms with Crippen molar-refractivity contribution in [2.24, 2.45) is 0 Å². The lowest BCUT2D eigenvalue weighted by Crippen LogP contribution is -1.91. The third-order valence-electron chi connectivity index (χ3n) is 2.40. The first-order valence-electron chi connectivity index (χ1n) is 4.90. The highest BCUT2D eigenvalue weighted by molar-refractivity contribution is 6.35. The molecule has 0 amide bonds. The molecular weight excluding hydrogens is 226 g/mol. The maximum absolute atomic E-state index is 6.18. The Morgan fingerprint density at radius 3 is 2.94 bits per heavy atom. The molecule has 4 heteroatoms. The van der Waals surface area contributed by atoms with E-state index in [1.807, 2.05) is 30.3 Å². The molecule has 0 aliphatic carbocycles. The fourth-order valence-electron chi connectivity index (χ4n) is 1.65. The Morgan fingerprint density at radius 1 is 1.25 bits per heavy atom. The van der Waals surface area contributed by atoms with E-state index in [-0.39, 0.29) is 0 Å². The number of hydrogen-bond acceptors (Lipinski definition) is 3. The topological polar surface area (TPSA) is 31.4 Å². The number of pyridine rings is 1. The van der Waals surface area contributed by atoms with Crippen molar-refractivity contribution in [1.82, 2.24) is 4.98 Å². The van der Waals surface area contributed by atoms with Gasteiger partial charge in [0.05, 0.1) is 10.5 Å². The lowest BCUT2D eigenvalue weighted by atomic mass is 10.2. The molecule has 80 valence electrons. The van der Waals surface area contributed by atoms with Gasteiger partial charge in [-0.3, -0.25) is 0 Å². The maximum atomic E-state index is 6.18. The molecule has 0 bridgehead atoms. The summed E-state index contributed by atoms with van der Waals surface area (Å²) >= 11 is 6.18. The van der Waals surface area contributed by atoms with Crippen LogP contribution in [0.5, 0.6) is 0 Å². The van der Waals surface area contributed by atoms with Crippen LogP contribution in [-0.2, 0) is 9.78 Å². The van der Waals surface area contributed by atoms with Crippen molar-refractivity contribution in [1.29, 1.82) is 0 Å². The second kappa shape index (κ2) is 3.77. The quantitative estimate of drug-likeness (QED) is 0.709. The number of rotatable bonds is 1. The summed E-state index contributed by atoms with van der Waals surface area (Å²) in [6.07, 6.45) is 1.83. The van der Waals surface area contributed by atoms with Crippen molar-refractivity contribution in [2.45, 2.75) is 0 Å². The van der Waals surface area contributed by atoms with Crippen LogP contribution in [0.1, 0.15) is 5.69 Å². The van der Waals surface area contributed by atoms with Gasteiger partial charge in [0.1, 0.15) is 12.3 Å². The highest BCUT2D eigenvalue weighted by atomic mass is 35.5. The van der Waals surface area contributed by atoms with Gasteiger partial charge in [-0.25, -0.2) is 4.98 Å². The van der Waals surface area contributed by atoms with Gasteiger partial charge < -0.3 is 4.89 Å². The van der Waals surface area contributed by atoms with Gasteiger partial charge >= 0.3 is 0 Å². The number of fused-ring (bicyclic) bond motifs is 1. The summed E-state index contributed by atoms with van der Waals surface area (Å²) in [5, 5.41) is 1.60. The fourth-order valence-corrected chi connectivity index (χ4v) is 1.91. The normalized spacial score (nSPS) is 14.9. The van der Waals surface area contributed by atoms with E-state index in [0.29, 0.717) is 23.1 Å². The first-order valence-corrected chi connectivity index (χ1v) is 5.28. The van der Waals surface area contributed by atoms with Crippen molar-refractivity contribution < 1.29 is 9.78 Å². The van der Waals surface area contributed by atoms with Gasteiger partial charge in [0, 0.05) is 5.39 Å². The van der Waals surface area contributed by atoms with Crippen LogP contribution in [0.4, 0.5) is 0 Å². The number of nitrogens with zero attached hydrogens (tertiary/aromatic N) is 1. The molecule has 0 atom stereocenters. The zero-order valence-electron chi connectivity index (χ0n) is 8.31. The molecule has 1 aliphatic heterocycles. The summed E-state index contributed by atoms with van der Waals surface area (Å²) in [5.41, 5.74) is 1.54. The minimum Gasteiger partial charge on any atom is -0.335 e. The Labute approximate surface area is 97.2 Å². The van der Waals surface area contributed by atoms with E-state index in [4.69, 9.17) is 21.4 Å². The molecule has 0 spiro atoms. The van der Waals surface area contributed by atoms with Crippen molar-refractivity contribution >= 4 is 28.3 Å². The van der Waals surface area contributed by atoms with Crippen molar-refractivity contribution in [3.05, 3.63) is 47.1 Å². The molecule has 2 aromatic rings. The molecule has 2 heterocycles. The van der Waals surface area contributed by atoms with Crippen LogP contribution < -0.4 is 0 Å². The van der Waals surface area contributed by atoms with E-state index in [1.165, 1.54) is 0 Å². The molecule has 3 rings (SSSR count). The average molecular weight is 234 g/mol. The molecule has 0 unspecified atom stereocenters. The average Bonchev–Trinajstić information content (AvgIpc) is 2.82. The second-order valence-corrected chi connectivity index (χ2v) is 3.85. The van der Waals surface area contributed by atoms with Gasteiger partial charge in [0.2, 0.25) is 0 Å². The highest BCUT2D eigenvalue weighted by Crippen LogP contribution is 2.27. The van der Waals surface area contributed by atoms with E-state index in [9.17, 15) is 0 Å². The van der Waals surface area contributed by atoms with E-state index in [0.717, 1.165) is 10.9 Å². The molecule has 0 N–H and O–H groups in total. The monoisotopic (exact) mass is 233 g/mol. The molecular formula is C12H8ClNO2. The minimum absolute atomic E-state index is 0.446. The Kier molecular flexibility index (Phi) is 2.27. The Hall–Kier alpha value is -1.58. The molecule has 0 saturated carbocycles. The first kappa shape index (κ1) is 9.63. The summed E-state index contributed by atoms with van der Waals surface area (Å²) in [6.45, 7) is 0.446. The lowest BCUT2D eigenvalue weighted by Gasteiger charge is -2.04. The summed E-state index contributed by atoms with van der Waals surface area (Å²) in [7, 11) is 0. The van der Waals surface area contributed by atoms with Crippen molar-refractivity contribution in [3.8, 4) is 0 Å². The predicted octanol–water partition coefficient (Wildman–Crippen LogP) is 3.19. The summed E-state index contributed by atoms with van der Waals surface area (Å²) in [5.74, 6) is 0.618. The summed E-state index contributed by atoms with van der Waals surface area (Å²) < 4.78 is 0. The summed E-state index contributed by atoms with van der Waals surface area (Å²) in [4.78, 5) is 14.2. The molecule has 3 nitrogen and oxygen atoms in total. The number of benzene rings is 1. The maximum Gasteiger partial charge on any atom is 0.189 e. The Bertz CT molecular complexity index is 580. The first-order chi connectivity index (χ1) is 7.84. The van der Waals surface area contributed by atoms with Gasteiger partial charge in [-0.15, -0.1) is 0 Å². The molecule has 0 radical (unpaired) electrons. The Morgan fingerprint density at radius 2 is 2.12 bits per heavy atom. The predicted molar refractivity (Wildman–Crippen MR) is 61.8 cm³/mol. The smallest absolute Gasteiger partial charge is 0.189 e. The number of halogens is 1. The van der Waals surface area contributed by atoms with Gasteiger partial charge in [0.25, 0.3) is 0 Å². The van der Waals surface area contributed by atoms with Gasteiger partial charge in [-0.05, 0) is 18.2 Å². The fraction of sp³-hybridized carbons (Fsp3) is 0.0833. The molecule has 0 saturated heterocycles. The lowest BCUT2D eigenvalue weighted by molar-refractivity contribution is -0.209. The van der Waals surface area contributed by atoms with Gasteiger partial charge in [-0.2, -0.15) is 4.89 Å². The van der Waals surface area contributed by atoms with E-state index >= 15 is 0 Å². The minimum atomic E-state index is 0.446. The van der Waals surface area contributed by atoms with Crippen LogP contribution in [0.15, 0.2) is 36.4 Å². The van der Waals surface area contributed by atoms with E-state index in [2.05, 4.69) is 4.98 Å². The zero-order valence-corrected chi connectivity index (χ0v) is 9.07. The zero-order chi connectivity index (χ0) is 11.0. The molecule has 16 heavy (non-hydrogen) atoms. The largest absolute Gasteiger partial charge is 0.335 e. The SMILES string of the molecule is Clc1cc(C2=CCOO2)nc2ccccc12. The van der Waals surface area contributed by atoms with Crippen molar-refractivity contribution in [3.63, 3.8) is 0 Å². The molecule has 0 fully saturated rings. The number of aromatic nitrogens is 1. The molecule has 1 aromatic carbocycles. The number of hydrogen-bond donors (Lipinski definition) is 0.